The van der Waals surface area contributed by atoms with Gasteiger partial charge >= 0.3 is 5.97 Å². The summed E-state index contributed by atoms with van der Waals surface area (Å²) >= 11 is 1.38. The van der Waals surface area contributed by atoms with Crippen LogP contribution in [0.2, 0.25) is 0 Å². The Bertz CT molecular complexity index is 722. The van der Waals surface area contributed by atoms with E-state index in [2.05, 4.69) is 16.0 Å². The lowest BCUT2D eigenvalue weighted by Crippen LogP contribution is -2.57. The molecule has 0 spiro atoms. The monoisotopic (exact) mass is 492 g/mol. The zero-order chi connectivity index (χ0) is 25.6. The molecule has 0 aliphatic rings. The predicted molar refractivity (Wildman–Crippen MR) is 118 cm³/mol. The van der Waals surface area contributed by atoms with Crippen molar-refractivity contribution < 1.29 is 39.0 Å². The molecule has 0 bridgehead atoms. The fraction of sp³-hybridized carbons (Fsp3) is 0.667. The van der Waals surface area contributed by atoms with E-state index in [0.717, 1.165) is 0 Å². The molecule has 0 aliphatic heterocycles. The fourth-order valence-corrected chi connectivity index (χ4v) is 2.98. The largest absolute Gasteiger partial charge is 0.480 e. The minimum absolute atomic E-state index is 0.120. The van der Waals surface area contributed by atoms with E-state index in [1.165, 1.54) is 11.8 Å². The molecule has 0 aromatic rings. The summed E-state index contributed by atoms with van der Waals surface area (Å²) in [7, 11) is 0. The number of amides is 5. The van der Waals surface area contributed by atoms with E-state index < -0.39 is 66.3 Å². The third kappa shape index (κ3) is 12.6. The summed E-state index contributed by atoms with van der Waals surface area (Å²) in [6.07, 6.45) is 0.819. The Labute approximate surface area is 194 Å². The van der Waals surface area contributed by atoms with Gasteiger partial charge in [0, 0.05) is 12.8 Å². The molecule has 0 aromatic heterocycles. The van der Waals surface area contributed by atoms with Gasteiger partial charge in [-0.2, -0.15) is 11.8 Å². The van der Waals surface area contributed by atoms with Gasteiger partial charge in [0.25, 0.3) is 0 Å². The number of carboxylic acid groups (broad SMARTS) is 1. The normalized spacial score (nSPS) is 14.3. The van der Waals surface area contributed by atoms with E-state index in [9.17, 15) is 33.9 Å². The number of aliphatic hydroxyl groups is 1. The Morgan fingerprint density at radius 3 is 1.58 bits per heavy atom. The number of aliphatic hydroxyl groups excluding tert-OH is 1. The summed E-state index contributed by atoms with van der Waals surface area (Å²) in [5.41, 5.74) is 15.6. The molecular weight excluding hydrogens is 460 g/mol. The van der Waals surface area contributed by atoms with Gasteiger partial charge in [-0.15, -0.1) is 0 Å². The fourth-order valence-electron chi connectivity index (χ4n) is 2.51. The van der Waals surface area contributed by atoms with Gasteiger partial charge in [-0.05, 0) is 31.3 Å². The number of nitrogens with two attached hydrogens (primary N) is 3. The molecule has 14 nitrogen and oxygen atoms in total. The number of carbonyl (C=O) groups excluding carboxylic acids is 5. The van der Waals surface area contributed by atoms with Crippen LogP contribution in [0.1, 0.15) is 32.1 Å². The number of thioether (sulfide) groups is 1. The third-order valence-electron chi connectivity index (χ3n) is 4.38. The smallest absolute Gasteiger partial charge is 0.326 e. The number of carbonyl (C=O) groups is 6. The van der Waals surface area contributed by atoms with Crippen LogP contribution in [0.25, 0.3) is 0 Å². The van der Waals surface area contributed by atoms with Crippen LogP contribution in [0.5, 0.6) is 0 Å². The topological polar surface area (TPSA) is 257 Å². The highest BCUT2D eigenvalue weighted by Gasteiger charge is 2.30. The van der Waals surface area contributed by atoms with Gasteiger partial charge in [0.1, 0.15) is 24.2 Å². The standard InChI is InChI=1S/C18H32N6O8S/c1-33-7-6-12(18(31)32)24-17(30)11(3-5-14(21)27)23-16(29)10(2-4-13(20)26)22-15(28)9(19)8-25/h9-12,25H,2-8,19H2,1H3,(H2,20,26)(H2,21,27)(H,22,28)(H,23,29)(H,24,30)(H,31,32). The third-order valence-corrected chi connectivity index (χ3v) is 5.03. The molecule has 0 radical (unpaired) electrons. The summed E-state index contributed by atoms with van der Waals surface area (Å²) < 4.78 is 0. The highest BCUT2D eigenvalue weighted by atomic mass is 32.2. The number of nitrogens with one attached hydrogen (secondary N) is 3. The van der Waals surface area contributed by atoms with Crippen molar-refractivity contribution in [2.75, 3.05) is 18.6 Å². The molecule has 188 valence electrons. The maximum absolute atomic E-state index is 12.8. The van der Waals surface area contributed by atoms with E-state index in [0.29, 0.717) is 5.75 Å². The average Bonchev–Trinajstić information content (AvgIpc) is 2.74. The maximum Gasteiger partial charge on any atom is 0.326 e. The van der Waals surface area contributed by atoms with E-state index in [4.69, 9.17) is 22.3 Å². The quantitative estimate of drug-likeness (QED) is 0.0979. The molecule has 5 amide bonds. The van der Waals surface area contributed by atoms with Gasteiger partial charge in [-0.3, -0.25) is 24.0 Å². The second-order valence-corrected chi connectivity index (χ2v) is 8.09. The molecule has 15 heteroatoms. The minimum atomic E-state index is -1.36. The second-order valence-electron chi connectivity index (χ2n) is 7.10. The first-order valence-corrected chi connectivity index (χ1v) is 11.4. The van der Waals surface area contributed by atoms with Crippen LogP contribution in [0, 0.1) is 0 Å². The lowest BCUT2D eigenvalue weighted by molar-refractivity contribution is -0.142. The molecule has 0 fully saturated rings. The van der Waals surface area contributed by atoms with Crippen molar-refractivity contribution in [1.29, 1.82) is 0 Å². The van der Waals surface area contributed by atoms with Gasteiger partial charge in [-0.25, -0.2) is 4.79 Å². The number of primary amides is 2. The van der Waals surface area contributed by atoms with Crippen molar-refractivity contribution in [1.82, 2.24) is 16.0 Å². The lowest BCUT2D eigenvalue weighted by atomic mass is 10.1. The minimum Gasteiger partial charge on any atom is -0.480 e. The van der Waals surface area contributed by atoms with Crippen LogP contribution >= 0.6 is 11.8 Å². The number of hydrogen-bond acceptors (Lipinski definition) is 9. The van der Waals surface area contributed by atoms with Crippen molar-refractivity contribution in [3.8, 4) is 0 Å². The van der Waals surface area contributed by atoms with Crippen molar-refractivity contribution in [2.24, 2.45) is 17.2 Å². The van der Waals surface area contributed by atoms with Crippen LogP contribution in [-0.2, 0) is 28.8 Å². The molecule has 0 saturated carbocycles. The summed E-state index contributed by atoms with van der Waals surface area (Å²) in [5.74, 6) is -5.01. The highest BCUT2D eigenvalue weighted by Crippen LogP contribution is 2.06. The molecule has 0 heterocycles. The number of rotatable bonds is 17. The van der Waals surface area contributed by atoms with E-state index in [1.54, 1.807) is 6.26 Å². The Morgan fingerprint density at radius 1 is 0.788 bits per heavy atom. The van der Waals surface area contributed by atoms with Crippen LogP contribution < -0.4 is 33.2 Å². The SMILES string of the molecule is CSCCC(NC(=O)C(CCC(N)=O)NC(=O)C(CCC(N)=O)NC(=O)C(N)CO)C(=O)O. The first-order chi connectivity index (χ1) is 15.4. The molecule has 0 rings (SSSR count). The lowest BCUT2D eigenvalue weighted by Gasteiger charge is -2.24. The maximum atomic E-state index is 12.8. The zero-order valence-electron chi connectivity index (χ0n) is 18.2. The average molecular weight is 493 g/mol. The summed E-state index contributed by atoms with van der Waals surface area (Å²) in [5, 5.41) is 25.2. The van der Waals surface area contributed by atoms with Crippen LogP contribution in [0.15, 0.2) is 0 Å². The van der Waals surface area contributed by atoms with Crippen molar-refractivity contribution in [2.45, 2.75) is 56.3 Å². The molecular formula is C18H32N6O8S. The highest BCUT2D eigenvalue weighted by molar-refractivity contribution is 7.98. The first-order valence-electron chi connectivity index (χ1n) is 9.98. The molecule has 33 heavy (non-hydrogen) atoms. The van der Waals surface area contributed by atoms with Crippen molar-refractivity contribution in [3.63, 3.8) is 0 Å². The molecule has 4 atom stereocenters. The summed E-state index contributed by atoms with van der Waals surface area (Å²) in [4.78, 5) is 71.1. The van der Waals surface area contributed by atoms with Gasteiger partial charge in [0.05, 0.1) is 6.61 Å². The van der Waals surface area contributed by atoms with Gasteiger partial charge in [0.2, 0.25) is 29.5 Å². The number of carboxylic acids is 1. The Balaban J connectivity index is 5.54. The molecule has 0 aliphatic carbocycles. The van der Waals surface area contributed by atoms with Crippen molar-refractivity contribution in [3.05, 3.63) is 0 Å². The Hall–Kier alpha value is -2.91. The number of aliphatic carboxylic acids is 1. The first kappa shape index (κ1) is 30.1. The van der Waals surface area contributed by atoms with Crippen LogP contribution in [0.4, 0.5) is 0 Å². The predicted octanol–water partition coefficient (Wildman–Crippen LogP) is -3.87. The van der Waals surface area contributed by atoms with Crippen molar-refractivity contribution >= 4 is 47.3 Å². The Kier molecular flexibility index (Phi) is 14.4. The summed E-state index contributed by atoms with van der Waals surface area (Å²) in [6, 6.07) is -5.28. The molecule has 11 N–H and O–H groups in total. The van der Waals surface area contributed by atoms with Crippen LogP contribution in [0.3, 0.4) is 0 Å². The zero-order valence-corrected chi connectivity index (χ0v) is 19.1. The van der Waals surface area contributed by atoms with E-state index in [-0.39, 0.29) is 32.1 Å². The molecule has 0 aromatic carbocycles. The van der Waals surface area contributed by atoms with E-state index in [1.807, 2.05) is 0 Å². The number of hydrogen-bond donors (Lipinski definition) is 8. The Morgan fingerprint density at radius 2 is 1.21 bits per heavy atom. The molecule has 0 saturated heterocycles. The second kappa shape index (κ2) is 15.8. The van der Waals surface area contributed by atoms with Gasteiger partial charge in [-0.1, -0.05) is 0 Å². The molecule has 4 unspecified atom stereocenters. The van der Waals surface area contributed by atoms with Gasteiger partial charge < -0.3 is 43.4 Å². The summed E-state index contributed by atoms with van der Waals surface area (Å²) in [6.45, 7) is -0.702. The van der Waals surface area contributed by atoms with Crippen LogP contribution in [-0.4, -0.2) is 88.5 Å². The van der Waals surface area contributed by atoms with E-state index >= 15 is 0 Å². The van der Waals surface area contributed by atoms with Gasteiger partial charge in [0.15, 0.2) is 0 Å².